The Labute approximate surface area is 60.1 Å². The molecule has 0 aromatic rings. The molecule has 0 unspecified atom stereocenters. The van der Waals surface area contributed by atoms with Crippen molar-refractivity contribution < 1.29 is 0 Å². The molecule has 0 heterocycles. The molecule has 0 aliphatic carbocycles. The van der Waals surface area contributed by atoms with E-state index in [0.29, 0.717) is 5.41 Å². The lowest BCUT2D eigenvalue weighted by molar-refractivity contribution is 0.543. The van der Waals surface area contributed by atoms with Crippen molar-refractivity contribution >= 4 is 15.9 Å². The van der Waals surface area contributed by atoms with Gasteiger partial charge in [-0.3, -0.25) is 0 Å². The van der Waals surface area contributed by atoms with Gasteiger partial charge in [0.25, 0.3) is 0 Å². The van der Waals surface area contributed by atoms with Crippen molar-refractivity contribution in [1.82, 2.24) is 0 Å². The van der Waals surface area contributed by atoms with Crippen LogP contribution in [0.4, 0.5) is 0 Å². The summed E-state index contributed by atoms with van der Waals surface area (Å²) in [6.07, 6.45) is 4.32. The van der Waals surface area contributed by atoms with Gasteiger partial charge in [0, 0.05) is 5.33 Å². The van der Waals surface area contributed by atoms with Gasteiger partial charge in [-0.2, -0.15) is 0 Å². The van der Waals surface area contributed by atoms with Crippen LogP contribution in [0.1, 0.15) is 20.8 Å². The third-order valence-corrected chi connectivity index (χ3v) is 1.08. The number of halogens is 1. The number of hydrogen-bond donors (Lipinski definition) is 0. The van der Waals surface area contributed by atoms with Gasteiger partial charge in [0.05, 0.1) is 0 Å². The Morgan fingerprint density at radius 2 is 1.88 bits per heavy atom. The molecule has 0 amide bonds. The lowest BCUT2D eigenvalue weighted by Gasteiger charge is -2.09. The Bertz CT molecular complexity index is 76.9. The van der Waals surface area contributed by atoms with Crippen LogP contribution in [0.25, 0.3) is 0 Å². The molecule has 0 atom stereocenters. The van der Waals surface area contributed by atoms with Crippen molar-refractivity contribution in [1.29, 1.82) is 0 Å². The van der Waals surface area contributed by atoms with E-state index in [1.807, 2.05) is 0 Å². The topological polar surface area (TPSA) is 0 Å². The van der Waals surface area contributed by atoms with Crippen molar-refractivity contribution in [2.24, 2.45) is 5.41 Å². The maximum absolute atomic E-state index is 3.32. The molecule has 0 aromatic carbocycles. The number of allylic oxidation sites excluding steroid dienone is 2. The summed E-state index contributed by atoms with van der Waals surface area (Å²) in [7, 11) is 0. The molecular weight excluding hydrogens is 164 g/mol. The van der Waals surface area contributed by atoms with Crippen LogP contribution in [-0.4, -0.2) is 5.33 Å². The van der Waals surface area contributed by atoms with Crippen LogP contribution in [0.5, 0.6) is 0 Å². The molecule has 0 radical (unpaired) electrons. The highest BCUT2D eigenvalue weighted by atomic mass is 79.9. The number of rotatable bonds is 1. The Hall–Kier alpha value is 0.220. The summed E-state index contributed by atoms with van der Waals surface area (Å²) >= 11 is 3.32. The maximum Gasteiger partial charge on any atom is 0.0212 e. The van der Waals surface area contributed by atoms with E-state index >= 15 is 0 Å². The van der Waals surface area contributed by atoms with Gasteiger partial charge < -0.3 is 0 Å². The van der Waals surface area contributed by atoms with E-state index in [2.05, 4.69) is 48.9 Å². The quantitative estimate of drug-likeness (QED) is 0.426. The molecule has 0 rings (SSSR count). The Balaban J connectivity index is 3.52. The second kappa shape index (κ2) is 3.29. The summed E-state index contributed by atoms with van der Waals surface area (Å²) in [5.41, 5.74) is 0.341. The molecule has 0 saturated carbocycles. The van der Waals surface area contributed by atoms with E-state index in [4.69, 9.17) is 0 Å². The highest BCUT2D eigenvalue weighted by molar-refractivity contribution is 9.09. The van der Waals surface area contributed by atoms with E-state index in [9.17, 15) is 0 Å². The largest absolute Gasteiger partial charge is 0.0883 e. The fraction of sp³-hybridized carbons (Fsp3) is 0.714. The molecule has 0 aliphatic rings. The smallest absolute Gasteiger partial charge is 0.0212 e. The molecule has 0 aromatic heterocycles. The Morgan fingerprint density at radius 1 is 1.38 bits per heavy atom. The third kappa shape index (κ3) is 6.22. The minimum absolute atomic E-state index is 0.341. The van der Waals surface area contributed by atoms with Gasteiger partial charge >= 0.3 is 0 Å². The fourth-order valence-corrected chi connectivity index (χ4v) is 0.585. The van der Waals surface area contributed by atoms with Crippen molar-refractivity contribution in [2.45, 2.75) is 20.8 Å². The molecule has 0 N–H and O–H groups in total. The molecule has 0 aliphatic heterocycles. The first-order valence-electron chi connectivity index (χ1n) is 2.80. The van der Waals surface area contributed by atoms with Crippen LogP contribution < -0.4 is 0 Å². The van der Waals surface area contributed by atoms with Crippen LogP contribution >= 0.6 is 15.9 Å². The standard InChI is InChI=1S/C7H13Br/c1-7(2,3)5-4-6-8/h4-5H,6H2,1-3H3. The summed E-state index contributed by atoms with van der Waals surface area (Å²) in [4.78, 5) is 0. The Morgan fingerprint density at radius 3 is 2.00 bits per heavy atom. The van der Waals surface area contributed by atoms with Crippen molar-refractivity contribution in [3.8, 4) is 0 Å². The normalized spacial score (nSPS) is 13.0. The summed E-state index contributed by atoms with van der Waals surface area (Å²) in [5.74, 6) is 0. The van der Waals surface area contributed by atoms with E-state index in [-0.39, 0.29) is 0 Å². The second-order valence-electron chi connectivity index (χ2n) is 2.92. The SMILES string of the molecule is CC(C)(C)C=CCBr. The van der Waals surface area contributed by atoms with Crippen molar-refractivity contribution in [3.63, 3.8) is 0 Å². The predicted octanol–water partition coefficient (Wildman–Crippen LogP) is 2.98. The van der Waals surface area contributed by atoms with E-state index < -0.39 is 0 Å². The molecule has 48 valence electrons. The van der Waals surface area contributed by atoms with Crippen LogP contribution in [0.15, 0.2) is 12.2 Å². The minimum atomic E-state index is 0.341. The highest BCUT2D eigenvalue weighted by Crippen LogP contribution is 2.14. The van der Waals surface area contributed by atoms with Crippen molar-refractivity contribution in [2.75, 3.05) is 5.33 Å². The molecule has 0 saturated heterocycles. The fourth-order valence-electron chi connectivity index (χ4n) is 0.398. The van der Waals surface area contributed by atoms with Crippen LogP contribution in [-0.2, 0) is 0 Å². The minimum Gasteiger partial charge on any atom is -0.0883 e. The summed E-state index contributed by atoms with van der Waals surface area (Å²) < 4.78 is 0. The first-order valence-corrected chi connectivity index (χ1v) is 3.92. The van der Waals surface area contributed by atoms with Crippen molar-refractivity contribution in [3.05, 3.63) is 12.2 Å². The molecule has 8 heavy (non-hydrogen) atoms. The first-order chi connectivity index (χ1) is 3.56. The number of alkyl halides is 1. The zero-order chi connectivity index (χ0) is 6.62. The van der Waals surface area contributed by atoms with E-state index in [1.54, 1.807) is 0 Å². The maximum atomic E-state index is 3.32. The van der Waals surface area contributed by atoms with Gasteiger partial charge in [0.15, 0.2) is 0 Å². The van der Waals surface area contributed by atoms with Gasteiger partial charge in [0.1, 0.15) is 0 Å². The molecule has 0 bridgehead atoms. The average molecular weight is 177 g/mol. The van der Waals surface area contributed by atoms with Gasteiger partial charge in [-0.15, -0.1) is 0 Å². The number of hydrogen-bond acceptors (Lipinski definition) is 0. The van der Waals surface area contributed by atoms with Crippen LogP contribution in [0.2, 0.25) is 0 Å². The predicted molar refractivity (Wildman–Crippen MR) is 42.4 cm³/mol. The monoisotopic (exact) mass is 176 g/mol. The second-order valence-corrected chi connectivity index (χ2v) is 3.57. The highest BCUT2D eigenvalue weighted by Gasteiger charge is 2.01. The molecule has 0 spiro atoms. The zero-order valence-corrected chi connectivity index (χ0v) is 7.33. The average Bonchev–Trinajstić information content (AvgIpc) is 1.59. The molecule has 1 heteroatoms. The Kier molecular flexibility index (Phi) is 3.38. The third-order valence-electron chi connectivity index (χ3n) is 0.707. The van der Waals surface area contributed by atoms with Gasteiger partial charge in [-0.25, -0.2) is 0 Å². The molecule has 0 nitrogen and oxygen atoms in total. The summed E-state index contributed by atoms with van der Waals surface area (Å²) in [6, 6.07) is 0. The lowest BCUT2D eigenvalue weighted by Crippen LogP contribution is -1.97. The van der Waals surface area contributed by atoms with Gasteiger partial charge in [-0.05, 0) is 5.41 Å². The van der Waals surface area contributed by atoms with E-state index in [0.717, 1.165) is 5.33 Å². The van der Waals surface area contributed by atoms with Gasteiger partial charge in [0.2, 0.25) is 0 Å². The first kappa shape index (κ1) is 8.22. The zero-order valence-electron chi connectivity index (χ0n) is 5.74. The summed E-state index contributed by atoms with van der Waals surface area (Å²) in [6.45, 7) is 6.56. The van der Waals surface area contributed by atoms with E-state index in [1.165, 1.54) is 0 Å². The van der Waals surface area contributed by atoms with Crippen LogP contribution in [0.3, 0.4) is 0 Å². The lowest BCUT2D eigenvalue weighted by atomic mass is 9.97. The van der Waals surface area contributed by atoms with Crippen LogP contribution in [0, 0.1) is 5.41 Å². The summed E-state index contributed by atoms with van der Waals surface area (Å²) in [5, 5.41) is 0.963. The van der Waals surface area contributed by atoms with Gasteiger partial charge in [-0.1, -0.05) is 48.9 Å². The molecular formula is C7H13Br. The molecule has 0 fully saturated rings.